The maximum absolute atomic E-state index is 13.2. The lowest BCUT2D eigenvalue weighted by Gasteiger charge is -2.37. The molecule has 0 saturated heterocycles. The zero-order chi connectivity index (χ0) is 19.8. The van der Waals surface area contributed by atoms with E-state index in [9.17, 15) is 19.7 Å². The van der Waals surface area contributed by atoms with Crippen molar-refractivity contribution in [1.29, 1.82) is 0 Å². The summed E-state index contributed by atoms with van der Waals surface area (Å²) in [6.45, 7) is 2.62. The quantitative estimate of drug-likeness (QED) is 0.606. The van der Waals surface area contributed by atoms with E-state index in [1.54, 1.807) is 15.9 Å². The first-order chi connectivity index (χ1) is 13.5. The molecule has 0 saturated carbocycles. The summed E-state index contributed by atoms with van der Waals surface area (Å²) in [6.07, 6.45) is 1.62. The molecule has 0 N–H and O–H groups in total. The van der Waals surface area contributed by atoms with Crippen molar-refractivity contribution >= 4 is 23.2 Å². The van der Waals surface area contributed by atoms with Crippen molar-refractivity contribution in [2.45, 2.75) is 32.2 Å². The number of non-ortho nitro benzene ring substituents is 1. The first-order valence-electron chi connectivity index (χ1n) is 9.38. The molecule has 4 rings (SSSR count). The molecule has 2 heterocycles. The summed E-state index contributed by atoms with van der Waals surface area (Å²) in [6, 6.07) is 12.3. The Morgan fingerprint density at radius 2 is 1.86 bits per heavy atom. The van der Waals surface area contributed by atoms with Gasteiger partial charge in [-0.1, -0.05) is 30.3 Å². The van der Waals surface area contributed by atoms with Gasteiger partial charge >= 0.3 is 0 Å². The number of carbonyl (C=O) groups excluding carboxylic acids is 2. The van der Waals surface area contributed by atoms with Gasteiger partial charge in [-0.15, -0.1) is 0 Å². The van der Waals surface area contributed by atoms with Crippen molar-refractivity contribution in [2.75, 3.05) is 18.0 Å². The third-order valence-corrected chi connectivity index (χ3v) is 5.66. The molecule has 0 radical (unpaired) electrons. The van der Waals surface area contributed by atoms with Gasteiger partial charge in [0, 0.05) is 32.1 Å². The second kappa shape index (κ2) is 7.07. The lowest BCUT2D eigenvalue weighted by atomic mass is 9.90. The Hall–Kier alpha value is -3.22. The number of nitrogens with zero attached hydrogens (tertiary/aromatic N) is 3. The molecular weight excluding hydrogens is 358 g/mol. The molecule has 2 aliphatic heterocycles. The minimum absolute atomic E-state index is 0.0215. The van der Waals surface area contributed by atoms with Gasteiger partial charge in [-0.05, 0) is 29.5 Å². The Kier molecular flexibility index (Phi) is 4.58. The molecule has 0 spiro atoms. The Balaban J connectivity index is 1.63. The lowest BCUT2D eigenvalue weighted by molar-refractivity contribution is -0.384. The van der Waals surface area contributed by atoms with Gasteiger partial charge < -0.3 is 9.80 Å². The van der Waals surface area contributed by atoms with Gasteiger partial charge in [0.25, 0.3) is 5.69 Å². The lowest BCUT2D eigenvalue weighted by Crippen LogP contribution is -2.42. The van der Waals surface area contributed by atoms with Crippen LogP contribution < -0.4 is 4.90 Å². The number of anilines is 1. The minimum Gasteiger partial charge on any atom is -0.335 e. The van der Waals surface area contributed by atoms with Crippen LogP contribution in [0.4, 0.5) is 11.4 Å². The smallest absolute Gasteiger partial charge is 0.271 e. The first-order valence-corrected chi connectivity index (χ1v) is 9.38. The fourth-order valence-corrected chi connectivity index (χ4v) is 4.26. The summed E-state index contributed by atoms with van der Waals surface area (Å²) in [4.78, 5) is 39.4. The number of carbonyl (C=O) groups is 2. The van der Waals surface area contributed by atoms with E-state index >= 15 is 0 Å². The molecule has 144 valence electrons. The zero-order valence-electron chi connectivity index (χ0n) is 15.6. The van der Waals surface area contributed by atoms with Crippen LogP contribution in [0.2, 0.25) is 0 Å². The van der Waals surface area contributed by atoms with E-state index in [1.165, 1.54) is 19.1 Å². The highest BCUT2D eigenvalue weighted by molar-refractivity contribution is 5.96. The zero-order valence-corrected chi connectivity index (χ0v) is 15.6. The maximum atomic E-state index is 13.2. The fourth-order valence-electron chi connectivity index (χ4n) is 4.26. The van der Waals surface area contributed by atoms with E-state index < -0.39 is 4.92 Å². The van der Waals surface area contributed by atoms with Crippen molar-refractivity contribution in [3.63, 3.8) is 0 Å². The summed E-state index contributed by atoms with van der Waals surface area (Å²) in [5.74, 6) is -0.169. The van der Waals surface area contributed by atoms with Crippen LogP contribution in [0.25, 0.3) is 0 Å². The number of amides is 2. The van der Waals surface area contributed by atoms with E-state index in [2.05, 4.69) is 0 Å². The molecule has 0 fully saturated rings. The van der Waals surface area contributed by atoms with Crippen molar-refractivity contribution in [2.24, 2.45) is 0 Å². The highest BCUT2D eigenvalue weighted by Gasteiger charge is 2.34. The Morgan fingerprint density at radius 3 is 2.61 bits per heavy atom. The summed E-state index contributed by atoms with van der Waals surface area (Å²) < 4.78 is 0. The summed E-state index contributed by atoms with van der Waals surface area (Å²) in [7, 11) is 0. The normalized spacial score (nSPS) is 17.8. The third-order valence-electron chi connectivity index (χ3n) is 5.66. The highest BCUT2D eigenvalue weighted by atomic mass is 16.6. The van der Waals surface area contributed by atoms with Gasteiger partial charge in [-0.2, -0.15) is 0 Å². The molecular formula is C21H21N3O4. The van der Waals surface area contributed by atoms with E-state index in [-0.39, 0.29) is 30.0 Å². The number of benzene rings is 2. The predicted molar refractivity (Wildman–Crippen MR) is 104 cm³/mol. The van der Waals surface area contributed by atoms with Crippen molar-refractivity contribution in [3.05, 3.63) is 69.3 Å². The highest BCUT2D eigenvalue weighted by Crippen LogP contribution is 2.36. The van der Waals surface area contributed by atoms with Gasteiger partial charge in [0.15, 0.2) is 0 Å². The van der Waals surface area contributed by atoms with Crippen molar-refractivity contribution in [3.8, 4) is 0 Å². The SMILES string of the molecule is CC(=O)N1CCc2ccccc2C1CC(=O)N1CCc2ccc([N+](=O)[O-])cc21. The Morgan fingerprint density at radius 1 is 1.11 bits per heavy atom. The average Bonchev–Trinajstić information content (AvgIpc) is 3.11. The van der Waals surface area contributed by atoms with Crippen LogP contribution in [-0.2, 0) is 22.4 Å². The minimum atomic E-state index is -0.448. The van der Waals surface area contributed by atoms with Crippen LogP contribution in [0.5, 0.6) is 0 Å². The van der Waals surface area contributed by atoms with Gasteiger partial charge in [-0.3, -0.25) is 19.7 Å². The molecule has 2 aromatic carbocycles. The third kappa shape index (κ3) is 3.13. The number of nitro groups is 1. The Bertz CT molecular complexity index is 972. The molecule has 28 heavy (non-hydrogen) atoms. The standard InChI is InChI=1S/C21H21N3O4/c1-14(25)22-10-8-15-4-2-3-5-18(15)20(22)13-21(26)23-11-9-16-6-7-17(24(27)28)12-19(16)23/h2-7,12,20H,8-11,13H2,1H3. The van der Waals surface area contributed by atoms with Crippen LogP contribution in [0.15, 0.2) is 42.5 Å². The summed E-state index contributed by atoms with van der Waals surface area (Å²) in [5.41, 5.74) is 3.70. The van der Waals surface area contributed by atoms with Crippen LogP contribution in [0.3, 0.4) is 0 Å². The molecule has 2 amide bonds. The van der Waals surface area contributed by atoms with Crippen LogP contribution in [0, 0.1) is 10.1 Å². The second-order valence-electron chi connectivity index (χ2n) is 7.25. The van der Waals surface area contributed by atoms with E-state index in [0.29, 0.717) is 25.2 Å². The molecule has 1 atom stereocenters. The van der Waals surface area contributed by atoms with Crippen LogP contribution >= 0.6 is 0 Å². The molecule has 1 unspecified atom stereocenters. The molecule has 2 aliphatic rings. The van der Waals surface area contributed by atoms with E-state index in [0.717, 1.165) is 23.1 Å². The molecule has 0 aromatic heterocycles. The van der Waals surface area contributed by atoms with Crippen molar-refractivity contribution in [1.82, 2.24) is 4.90 Å². The molecule has 0 aliphatic carbocycles. The molecule has 0 bridgehead atoms. The van der Waals surface area contributed by atoms with Gasteiger partial charge in [0.1, 0.15) is 0 Å². The maximum Gasteiger partial charge on any atom is 0.271 e. The topological polar surface area (TPSA) is 83.8 Å². The monoisotopic (exact) mass is 379 g/mol. The number of fused-ring (bicyclic) bond motifs is 2. The summed E-state index contributed by atoms with van der Waals surface area (Å²) >= 11 is 0. The van der Waals surface area contributed by atoms with Crippen molar-refractivity contribution < 1.29 is 14.5 Å². The number of hydrogen-bond donors (Lipinski definition) is 0. The Labute approximate surface area is 162 Å². The van der Waals surface area contributed by atoms with E-state index in [4.69, 9.17) is 0 Å². The van der Waals surface area contributed by atoms with Gasteiger partial charge in [0.2, 0.25) is 11.8 Å². The van der Waals surface area contributed by atoms with Crippen LogP contribution in [-0.4, -0.2) is 34.7 Å². The largest absolute Gasteiger partial charge is 0.335 e. The molecule has 7 nitrogen and oxygen atoms in total. The number of nitro benzene ring substituents is 1. The predicted octanol–water partition coefficient (Wildman–Crippen LogP) is 3.02. The molecule has 7 heteroatoms. The second-order valence-corrected chi connectivity index (χ2v) is 7.25. The first kappa shape index (κ1) is 18.2. The average molecular weight is 379 g/mol. The number of hydrogen-bond acceptors (Lipinski definition) is 4. The number of rotatable bonds is 3. The molecule has 2 aromatic rings. The summed E-state index contributed by atoms with van der Waals surface area (Å²) in [5, 5.41) is 11.1. The van der Waals surface area contributed by atoms with Gasteiger partial charge in [-0.25, -0.2) is 0 Å². The fraction of sp³-hybridized carbons (Fsp3) is 0.333. The van der Waals surface area contributed by atoms with Gasteiger partial charge in [0.05, 0.1) is 23.1 Å². The van der Waals surface area contributed by atoms with Crippen LogP contribution in [0.1, 0.15) is 36.1 Å². The van der Waals surface area contributed by atoms with E-state index in [1.807, 2.05) is 24.3 Å².